The molecule has 0 N–H and O–H groups in total. The molecule has 2 saturated heterocycles. The fourth-order valence-corrected chi connectivity index (χ4v) is 2.44. The molecule has 2 fully saturated rings. The highest BCUT2D eigenvalue weighted by Gasteiger charge is 2.35. The largest absolute Gasteiger partial charge is 0.497 e. The zero-order chi connectivity index (χ0) is 12.4. The molecule has 0 bridgehead atoms. The smallest absolute Gasteiger partial charge is 0.184 e. The quantitative estimate of drug-likeness (QED) is 0.807. The fraction of sp³-hybridized carbons (Fsp3) is 0.571. The summed E-state index contributed by atoms with van der Waals surface area (Å²) >= 11 is 0. The molecule has 0 saturated carbocycles. The van der Waals surface area contributed by atoms with Gasteiger partial charge in [-0.2, -0.15) is 0 Å². The molecule has 1 aromatic carbocycles. The number of fused-ring (bicyclic) bond motifs is 1. The molecule has 1 unspecified atom stereocenters. The lowest BCUT2D eigenvalue weighted by molar-refractivity contribution is -0.277. The molecule has 4 nitrogen and oxygen atoms in total. The van der Waals surface area contributed by atoms with Crippen molar-refractivity contribution in [3.8, 4) is 5.75 Å². The van der Waals surface area contributed by atoms with E-state index >= 15 is 0 Å². The summed E-state index contributed by atoms with van der Waals surface area (Å²) in [6.45, 7) is 1.43. The molecule has 2 aliphatic rings. The standard InChI is InChI=1S/C14H18O4/c1-15-11-6-4-10(5-7-11)14-17-9-13-12(18-14)3-2-8-16-13/h4-7,12-14H,2-3,8-9H2,1H3/t12-,13+,14?/m0/s1. The Bertz CT molecular complexity index is 389. The normalized spacial score (nSPS) is 31.7. The number of hydrogen-bond donors (Lipinski definition) is 0. The third kappa shape index (κ3) is 2.36. The summed E-state index contributed by atoms with van der Waals surface area (Å²) in [5.74, 6) is 0.841. The Hall–Kier alpha value is -1.10. The summed E-state index contributed by atoms with van der Waals surface area (Å²) < 4.78 is 22.5. The van der Waals surface area contributed by atoms with E-state index in [-0.39, 0.29) is 18.5 Å². The van der Waals surface area contributed by atoms with Crippen LogP contribution in [0, 0.1) is 0 Å². The maximum atomic E-state index is 5.96. The van der Waals surface area contributed by atoms with Gasteiger partial charge in [0, 0.05) is 12.2 Å². The average Bonchev–Trinajstić information content (AvgIpc) is 2.47. The van der Waals surface area contributed by atoms with Gasteiger partial charge in [0.25, 0.3) is 0 Å². The molecule has 98 valence electrons. The Morgan fingerprint density at radius 1 is 1.11 bits per heavy atom. The van der Waals surface area contributed by atoms with Gasteiger partial charge in [0.2, 0.25) is 0 Å². The number of benzene rings is 1. The van der Waals surface area contributed by atoms with Crippen molar-refractivity contribution < 1.29 is 18.9 Å². The van der Waals surface area contributed by atoms with Gasteiger partial charge in [0.1, 0.15) is 11.9 Å². The van der Waals surface area contributed by atoms with Crippen molar-refractivity contribution in [1.82, 2.24) is 0 Å². The van der Waals surface area contributed by atoms with E-state index in [1.807, 2.05) is 24.3 Å². The van der Waals surface area contributed by atoms with Crippen LogP contribution in [0.25, 0.3) is 0 Å². The number of rotatable bonds is 2. The number of hydrogen-bond acceptors (Lipinski definition) is 4. The molecule has 3 rings (SSSR count). The van der Waals surface area contributed by atoms with Crippen molar-refractivity contribution in [2.24, 2.45) is 0 Å². The van der Waals surface area contributed by atoms with Gasteiger partial charge >= 0.3 is 0 Å². The first-order valence-corrected chi connectivity index (χ1v) is 6.39. The first-order chi connectivity index (χ1) is 8.86. The van der Waals surface area contributed by atoms with Crippen molar-refractivity contribution in [2.75, 3.05) is 20.3 Å². The maximum Gasteiger partial charge on any atom is 0.184 e. The monoisotopic (exact) mass is 250 g/mol. The van der Waals surface area contributed by atoms with Gasteiger partial charge in [-0.3, -0.25) is 0 Å². The third-order valence-electron chi connectivity index (χ3n) is 3.48. The molecular formula is C14H18O4. The van der Waals surface area contributed by atoms with Gasteiger partial charge in [-0.1, -0.05) is 12.1 Å². The highest BCUT2D eigenvalue weighted by Crippen LogP contribution is 2.32. The molecule has 3 atom stereocenters. The van der Waals surface area contributed by atoms with Crippen molar-refractivity contribution in [2.45, 2.75) is 31.3 Å². The minimum Gasteiger partial charge on any atom is -0.497 e. The van der Waals surface area contributed by atoms with Crippen molar-refractivity contribution >= 4 is 0 Å². The highest BCUT2D eigenvalue weighted by molar-refractivity contribution is 5.28. The van der Waals surface area contributed by atoms with Gasteiger partial charge < -0.3 is 18.9 Å². The lowest BCUT2D eigenvalue weighted by atomic mass is 10.0. The van der Waals surface area contributed by atoms with Crippen molar-refractivity contribution in [3.63, 3.8) is 0 Å². The Labute approximate surface area is 107 Å². The second kappa shape index (κ2) is 5.26. The van der Waals surface area contributed by atoms with Crippen LogP contribution in [0.15, 0.2) is 24.3 Å². The molecule has 1 aromatic rings. The molecule has 0 amide bonds. The fourth-order valence-electron chi connectivity index (χ4n) is 2.44. The Morgan fingerprint density at radius 2 is 1.94 bits per heavy atom. The van der Waals surface area contributed by atoms with Crippen LogP contribution in [0.4, 0.5) is 0 Å². The molecule has 2 heterocycles. The van der Waals surface area contributed by atoms with Crippen molar-refractivity contribution in [1.29, 1.82) is 0 Å². The molecule has 0 aromatic heterocycles. The predicted molar refractivity (Wildman–Crippen MR) is 65.5 cm³/mol. The molecule has 2 aliphatic heterocycles. The minimum atomic E-state index is -0.279. The van der Waals surface area contributed by atoms with Crippen LogP contribution in [-0.4, -0.2) is 32.5 Å². The van der Waals surface area contributed by atoms with Gasteiger partial charge in [-0.15, -0.1) is 0 Å². The molecule has 0 spiro atoms. The molecule has 18 heavy (non-hydrogen) atoms. The van der Waals surface area contributed by atoms with E-state index in [9.17, 15) is 0 Å². The van der Waals surface area contributed by atoms with Crippen LogP contribution in [-0.2, 0) is 14.2 Å². The van der Waals surface area contributed by atoms with Crippen LogP contribution in [0.1, 0.15) is 24.7 Å². The van der Waals surface area contributed by atoms with Gasteiger partial charge in [0.15, 0.2) is 6.29 Å². The predicted octanol–water partition coefficient (Wildman–Crippen LogP) is 2.29. The van der Waals surface area contributed by atoms with E-state index in [1.165, 1.54) is 0 Å². The zero-order valence-electron chi connectivity index (χ0n) is 10.5. The van der Waals surface area contributed by atoms with Crippen LogP contribution in [0.3, 0.4) is 0 Å². The van der Waals surface area contributed by atoms with Crippen LogP contribution < -0.4 is 4.74 Å². The van der Waals surface area contributed by atoms with Crippen LogP contribution in [0.5, 0.6) is 5.75 Å². The lowest BCUT2D eigenvalue weighted by Crippen LogP contribution is -2.44. The van der Waals surface area contributed by atoms with Crippen LogP contribution >= 0.6 is 0 Å². The van der Waals surface area contributed by atoms with E-state index in [4.69, 9.17) is 18.9 Å². The molecule has 0 aliphatic carbocycles. The molecular weight excluding hydrogens is 232 g/mol. The van der Waals surface area contributed by atoms with Gasteiger partial charge in [-0.25, -0.2) is 0 Å². The summed E-state index contributed by atoms with van der Waals surface area (Å²) in [5.41, 5.74) is 1.03. The van der Waals surface area contributed by atoms with E-state index in [0.717, 1.165) is 30.8 Å². The highest BCUT2D eigenvalue weighted by atomic mass is 16.7. The SMILES string of the molecule is COc1ccc(C2OC[C@H]3OCCC[C@@H]3O2)cc1. The topological polar surface area (TPSA) is 36.9 Å². The summed E-state index contributed by atoms with van der Waals surface area (Å²) in [6.07, 6.45) is 2.11. The van der Waals surface area contributed by atoms with Gasteiger partial charge in [0.05, 0.1) is 19.8 Å². The third-order valence-corrected chi connectivity index (χ3v) is 3.48. The Kier molecular flexibility index (Phi) is 3.50. The van der Waals surface area contributed by atoms with Gasteiger partial charge in [-0.05, 0) is 25.0 Å². The molecule has 4 heteroatoms. The van der Waals surface area contributed by atoms with E-state index in [2.05, 4.69) is 0 Å². The maximum absolute atomic E-state index is 5.96. The number of methoxy groups -OCH3 is 1. The van der Waals surface area contributed by atoms with Crippen LogP contribution in [0.2, 0.25) is 0 Å². The summed E-state index contributed by atoms with van der Waals surface area (Å²) in [6, 6.07) is 7.80. The lowest BCUT2D eigenvalue weighted by Gasteiger charge is -2.39. The first-order valence-electron chi connectivity index (χ1n) is 6.39. The second-order valence-corrected chi connectivity index (χ2v) is 4.66. The Morgan fingerprint density at radius 3 is 2.72 bits per heavy atom. The Balaban J connectivity index is 1.69. The summed E-state index contributed by atoms with van der Waals surface area (Å²) in [5, 5.41) is 0. The van der Waals surface area contributed by atoms with E-state index in [1.54, 1.807) is 7.11 Å². The van der Waals surface area contributed by atoms with E-state index in [0.29, 0.717) is 6.61 Å². The minimum absolute atomic E-state index is 0.105. The first kappa shape index (κ1) is 12.0. The second-order valence-electron chi connectivity index (χ2n) is 4.66. The van der Waals surface area contributed by atoms with E-state index < -0.39 is 0 Å². The molecule has 0 radical (unpaired) electrons. The summed E-state index contributed by atoms with van der Waals surface area (Å²) in [7, 11) is 1.66. The average molecular weight is 250 g/mol. The summed E-state index contributed by atoms with van der Waals surface area (Å²) in [4.78, 5) is 0. The zero-order valence-corrected chi connectivity index (χ0v) is 10.5. The van der Waals surface area contributed by atoms with Crippen molar-refractivity contribution in [3.05, 3.63) is 29.8 Å². The number of ether oxygens (including phenoxy) is 4.